The number of carbonyl (C=O) groups is 2. The standard InChI is InChI=1S/C37H44N4O8S/c1-2-3-12-38-14-18-40(19-15-38)27-7-10-30-33(24-27)49-34-25-28(41-20-16-39(17-21-41)13-4-5-22-50(46,47)48)8-11-31(34)35(30)32-23-26(36(42)43)6-9-29(32)37(44)45/h6-11,23-25H,2-5,12-22H2,1H3,(H2-,42,43,44,45,46,47,48)/p+1. The van der Waals surface area contributed by atoms with Crippen LogP contribution in [0.2, 0.25) is 0 Å². The Morgan fingerprint density at radius 3 is 2.20 bits per heavy atom. The lowest BCUT2D eigenvalue weighted by Crippen LogP contribution is -2.48. The molecule has 2 aromatic rings. The number of anilines is 1. The van der Waals surface area contributed by atoms with Crippen molar-refractivity contribution in [2.75, 3.05) is 76.1 Å². The van der Waals surface area contributed by atoms with Crippen molar-refractivity contribution in [2.24, 2.45) is 0 Å². The van der Waals surface area contributed by atoms with Gasteiger partial charge in [0.25, 0.3) is 10.1 Å². The number of piperazine rings is 2. The van der Waals surface area contributed by atoms with Crippen LogP contribution in [0.3, 0.4) is 0 Å². The van der Waals surface area contributed by atoms with E-state index in [-0.39, 0.29) is 16.9 Å². The van der Waals surface area contributed by atoms with Gasteiger partial charge >= 0.3 is 11.9 Å². The van der Waals surface area contributed by atoms with Crippen molar-refractivity contribution in [3.05, 3.63) is 71.1 Å². The van der Waals surface area contributed by atoms with Crippen LogP contribution in [0.5, 0.6) is 0 Å². The number of carboxylic acid groups (broad SMARTS) is 2. The number of hydrogen-bond donors (Lipinski definition) is 3. The molecule has 1 aliphatic carbocycles. The molecule has 13 heteroatoms. The minimum atomic E-state index is -3.95. The van der Waals surface area contributed by atoms with Gasteiger partial charge in [0.2, 0.25) is 5.36 Å². The van der Waals surface area contributed by atoms with Crippen LogP contribution in [-0.2, 0) is 10.1 Å². The van der Waals surface area contributed by atoms with E-state index in [4.69, 9.17) is 8.97 Å². The third kappa shape index (κ3) is 8.18. The van der Waals surface area contributed by atoms with Crippen molar-refractivity contribution in [1.82, 2.24) is 14.4 Å². The Morgan fingerprint density at radius 1 is 0.800 bits per heavy atom. The zero-order valence-electron chi connectivity index (χ0n) is 28.4. The Bertz CT molecular complexity index is 2020. The first-order valence-electron chi connectivity index (χ1n) is 17.3. The largest absolute Gasteiger partial charge is 0.478 e. The molecule has 2 saturated heterocycles. The van der Waals surface area contributed by atoms with Crippen LogP contribution in [0.1, 0.15) is 53.3 Å². The van der Waals surface area contributed by atoms with E-state index in [1.54, 1.807) is 0 Å². The lowest BCUT2D eigenvalue weighted by Gasteiger charge is -2.36. The van der Waals surface area contributed by atoms with Crippen LogP contribution in [-0.4, -0.2) is 116 Å². The summed E-state index contributed by atoms with van der Waals surface area (Å²) in [5, 5.41) is 21.7. The van der Waals surface area contributed by atoms with E-state index in [1.165, 1.54) is 31.0 Å². The fourth-order valence-corrected chi connectivity index (χ4v) is 7.65. The van der Waals surface area contributed by atoms with E-state index in [9.17, 15) is 28.2 Å². The van der Waals surface area contributed by atoms with Gasteiger partial charge in [-0.2, -0.15) is 8.42 Å². The van der Waals surface area contributed by atoms with Gasteiger partial charge < -0.3 is 19.5 Å². The highest BCUT2D eigenvalue weighted by atomic mass is 32.2. The quantitative estimate of drug-likeness (QED) is 0.0838. The number of benzene rings is 3. The molecule has 0 aromatic heterocycles. The monoisotopic (exact) mass is 705 g/mol. The third-order valence-corrected chi connectivity index (χ3v) is 10.7. The molecule has 0 amide bonds. The molecular weight excluding hydrogens is 660 g/mol. The zero-order chi connectivity index (χ0) is 35.4. The average Bonchev–Trinajstić information content (AvgIpc) is 3.10. The molecule has 266 valence electrons. The van der Waals surface area contributed by atoms with Gasteiger partial charge in [-0.15, -0.1) is 0 Å². The molecule has 12 nitrogen and oxygen atoms in total. The highest BCUT2D eigenvalue weighted by molar-refractivity contribution is 7.85. The van der Waals surface area contributed by atoms with E-state index < -0.39 is 22.1 Å². The SMILES string of the molecule is CCCCN1CC[N+](=c2ccc3c(-c4cc(C(=O)O)ccc4C(=O)O)c4ccc(N5CCN(CCCCS(=O)(=O)O)CC5)cc4oc-3c2)CC1. The van der Waals surface area contributed by atoms with Crippen molar-refractivity contribution >= 4 is 38.7 Å². The molecule has 0 atom stereocenters. The first-order chi connectivity index (χ1) is 24.0. The first kappa shape index (κ1) is 35.5. The van der Waals surface area contributed by atoms with Crippen molar-refractivity contribution in [3.63, 3.8) is 0 Å². The van der Waals surface area contributed by atoms with E-state index >= 15 is 0 Å². The van der Waals surface area contributed by atoms with Gasteiger partial charge in [0, 0.05) is 60.5 Å². The third-order valence-electron chi connectivity index (χ3n) is 9.88. The summed E-state index contributed by atoms with van der Waals surface area (Å²) < 4.78 is 40.1. The van der Waals surface area contributed by atoms with Crippen molar-refractivity contribution in [1.29, 1.82) is 0 Å². The summed E-state index contributed by atoms with van der Waals surface area (Å²) in [5.41, 5.74) is 3.15. The molecule has 3 heterocycles. The Labute approximate surface area is 291 Å². The molecule has 6 rings (SSSR count). The van der Waals surface area contributed by atoms with E-state index in [1.807, 2.05) is 36.4 Å². The van der Waals surface area contributed by atoms with Crippen LogP contribution >= 0.6 is 0 Å². The van der Waals surface area contributed by atoms with Crippen LogP contribution in [0.4, 0.5) is 5.69 Å². The van der Waals surface area contributed by atoms with Gasteiger partial charge in [0.1, 0.15) is 11.3 Å². The maximum Gasteiger partial charge on any atom is 0.336 e. The Balaban J connectivity index is 1.38. The number of rotatable bonds is 12. The number of fused-ring (bicyclic) bond motifs is 2. The average molecular weight is 706 g/mol. The van der Waals surface area contributed by atoms with E-state index in [2.05, 4.69) is 26.2 Å². The lowest BCUT2D eigenvalue weighted by atomic mass is 9.89. The second kappa shape index (κ2) is 15.3. The number of carboxylic acids is 2. The lowest BCUT2D eigenvalue weighted by molar-refractivity contribution is 0.0682. The Morgan fingerprint density at radius 2 is 1.52 bits per heavy atom. The normalized spacial score (nSPS) is 16.4. The Hall–Kier alpha value is -4.30. The van der Waals surface area contributed by atoms with Gasteiger partial charge in [-0.05, 0) is 74.3 Å². The van der Waals surface area contributed by atoms with Crippen molar-refractivity contribution < 1.29 is 37.2 Å². The molecule has 0 saturated carbocycles. The predicted molar refractivity (Wildman–Crippen MR) is 193 cm³/mol. The maximum absolute atomic E-state index is 12.5. The van der Waals surface area contributed by atoms with Crippen LogP contribution < -0.4 is 14.8 Å². The van der Waals surface area contributed by atoms with Crippen molar-refractivity contribution in [3.8, 4) is 22.5 Å². The van der Waals surface area contributed by atoms with Gasteiger partial charge in [0.05, 0.1) is 36.0 Å². The highest BCUT2D eigenvalue weighted by Crippen LogP contribution is 2.42. The Kier molecular flexibility index (Phi) is 10.9. The van der Waals surface area contributed by atoms with Crippen LogP contribution in [0.25, 0.3) is 33.4 Å². The van der Waals surface area contributed by atoms with Gasteiger partial charge in [-0.1, -0.05) is 13.3 Å². The van der Waals surface area contributed by atoms with E-state index in [0.29, 0.717) is 46.3 Å². The van der Waals surface area contributed by atoms with E-state index in [0.717, 1.165) is 76.5 Å². The topological polar surface area (TPSA) is 155 Å². The number of nitrogens with zero attached hydrogens (tertiary/aromatic N) is 4. The van der Waals surface area contributed by atoms with Crippen LogP contribution in [0, 0.1) is 0 Å². The molecular formula is C37H45N4O8S+. The molecule has 0 unspecified atom stereocenters. The molecule has 0 radical (unpaired) electrons. The van der Waals surface area contributed by atoms with Crippen molar-refractivity contribution in [2.45, 2.75) is 32.6 Å². The summed E-state index contributed by atoms with van der Waals surface area (Å²) in [6.45, 7) is 10.9. The first-order valence-corrected chi connectivity index (χ1v) is 19.0. The highest BCUT2D eigenvalue weighted by Gasteiger charge is 2.26. The second-order valence-electron chi connectivity index (χ2n) is 13.2. The molecule has 0 bridgehead atoms. The summed E-state index contributed by atoms with van der Waals surface area (Å²) in [6.07, 6.45) is 3.45. The minimum Gasteiger partial charge on any atom is -0.478 e. The number of unbranched alkanes of at least 4 members (excludes halogenated alkanes) is 2. The van der Waals surface area contributed by atoms with Crippen LogP contribution in [0.15, 0.2) is 59.0 Å². The summed E-state index contributed by atoms with van der Waals surface area (Å²) in [6, 6.07) is 16.0. The second-order valence-corrected chi connectivity index (χ2v) is 14.8. The van der Waals surface area contributed by atoms with Gasteiger partial charge in [-0.3, -0.25) is 14.4 Å². The predicted octanol–water partition coefficient (Wildman–Crippen LogP) is 4.28. The molecule has 3 N–H and O–H groups in total. The number of hydrogen-bond acceptors (Lipinski definition) is 8. The van der Waals surface area contributed by atoms with Gasteiger partial charge in [0.15, 0.2) is 13.1 Å². The maximum atomic E-state index is 12.5. The minimum absolute atomic E-state index is 0.00266. The summed E-state index contributed by atoms with van der Waals surface area (Å²) in [4.78, 5) is 31.6. The number of aromatic carboxylic acids is 2. The zero-order valence-corrected chi connectivity index (χ0v) is 29.2. The fourth-order valence-electron chi connectivity index (χ4n) is 7.08. The molecule has 2 fully saturated rings. The molecule has 4 aliphatic rings. The summed E-state index contributed by atoms with van der Waals surface area (Å²) in [7, 11) is -3.95. The summed E-state index contributed by atoms with van der Waals surface area (Å²) >= 11 is 0. The summed E-state index contributed by atoms with van der Waals surface area (Å²) in [5.74, 6) is -1.93. The molecule has 50 heavy (non-hydrogen) atoms. The molecule has 2 aromatic carbocycles. The van der Waals surface area contributed by atoms with Gasteiger partial charge in [-0.25, -0.2) is 14.2 Å². The molecule has 3 aliphatic heterocycles. The molecule has 0 spiro atoms. The fraction of sp³-hybridized carbons (Fsp3) is 0.432. The smallest absolute Gasteiger partial charge is 0.336 e.